The number of nitrogens with one attached hydrogen (secondary N) is 1. The zero-order chi connectivity index (χ0) is 15.2. The Labute approximate surface area is 120 Å². The molecule has 0 aliphatic rings. The Morgan fingerprint density at radius 1 is 1.24 bits per heavy atom. The van der Waals surface area contributed by atoms with Gasteiger partial charge in [-0.1, -0.05) is 6.07 Å². The second-order valence-electron chi connectivity index (χ2n) is 4.17. The van der Waals surface area contributed by atoms with E-state index in [4.69, 9.17) is 5.73 Å². The van der Waals surface area contributed by atoms with E-state index in [-0.39, 0.29) is 11.6 Å². The van der Waals surface area contributed by atoms with Crippen molar-refractivity contribution in [3.63, 3.8) is 0 Å². The number of amides is 1. The van der Waals surface area contributed by atoms with Crippen LogP contribution >= 0.6 is 0 Å². The van der Waals surface area contributed by atoms with Crippen molar-refractivity contribution in [2.24, 2.45) is 5.10 Å². The number of nitrogens with two attached hydrogens (primary N) is 1. The summed E-state index contributed by atoms with van der Waals surface area (Å²) in [5.41, 5.74) is 9.45. The summed E-state index contributed by atoms with van der Waals surface area (Å²) in [6, 6.07) is 12.3. The van der Waals surface area contributed by atoms with Crippen molar-refractivity contribution in [1.29, 1.82) is 0 Å². The molecule has 0 fully saturated rings. The van der Waals surface area contributed by atoms with Gasteiger partial charge in [0.2, 0.25) is 0 Å². The minimum absolute atomic E-state index is 0.00375. The Bertz CT molecular complexity index is 696. The van der Waals surface area contributed by atoms with E-state index in [1.807, 2.05) is 0 Å². The molecule has 0 aliphatic heterocycles. The number of rotatable bonds is 4. The molecule has 3 N–H and O–H groups in total. The Kier molecular flexibility index (Phi) is 4.25. The van der Waals surface area contributed by atoms with Crippen LogP contribution in [0.15, 0.2) is 53.6 Å². The van der Waals surface area contributed by atoms with E-state index in [1.165, 1.54) is 36.5 Å². The number of carbonyl (C=O) groups excluding carboxylic acids is 1. The summed E-state index contributed by atoms with van der Waals surface area (Å²) in [6.07, 6.45) is 1.40. The average molecular weight is 284 g/mol. The van der Waals surface area contributed by atoms with Gasteiger partial charge < -0.3 is 5.73 Å². The van der Waals surface area contributed by atoms with Crippen LogP contribution in [0.3, 0.4) is 0 Å². The molecular weight excluding hydrogens is 272 g/mol. The number of benzene rings is 2. The van der Waals surface area contributed by atoms with Gasteiger partial charge in [-0.15, -0.1) is 0 Å². The number of hydrazone groups is 1. The number of nitro groups is 1. The normalized spacial score (nSPS) is 10.5. The summed E-state index contributed by atoms with van der Waals surface area (Å²) in [5.74, 6) is -0.388. The molecule has 0 saturated heterocycles. The maximum atomic E-state index is 11.8. The number of nitrogens with zero attached hydrogens (tertiary/aromatic N) is 2. The summed E-state index contributed by atoms with van der Waals surface area (Å²) in [5, 5.41) is 14.3. The van der Waals surface area contributed by atoms with Gasteiger partial charge in [-0.3, -0.25) is 14.9 Å². The molecule has 21 heavy (non-hydrogen) atoms. The predicted molar refractivity (Wildman–Crippen MR) is 79.0 cm³/mol. The zero-order valence-electron chi connectivity index (χ0n) is 10.9. The molecule has 2 rings (SSSR count). The second-order valence-corrected chi connectivity index (χ2v) is 4.17. The van der Waals surface area contributed by atoms with E-state index < -0.39 is 4.92 Å². The zero-order valence-corrected chi connectivity index (χ0v) is 10.9. The van der Waals surface area contributed by atoms with Crippen molar-refractivity contribution in [2.45, 2.75) is 0 Å². The number of non-ortho nitro benzene ring substituents is 1. The van der Waals surface area contributed by atoms with Gasteiger partial charge in [-0.25, -0.2) is 5.43 Å². The minimum atomic E-state index is -0.484. The number of hydrogen-bond acceptors (Lipinski definition) is 5. The van der Waals surface area contributed by atoms with Gasteiger partial charge in [0.15, 0.2) is 0 Å². The number of anilines is 1. The lowest BCUT2D eigenvalue weighted by Gasteiger charge is -2.00. The van der Waals surface area contributed by atoms with Crippen molar-refractivity contribution in [3.8, 4) is 0 Å². The van der Waals surface area contributed by atoms with Crippen LogP contribution in [0.4, 0.5) is 11.4 Å². The Hall–Kier alpha value is -3.22. The Morgan fingerprint density at radius 3 is 2.57 bits per heavy atom. The molecular formula is C14H12N4O3. The molecule has 0 spiro atoms. The second kappa shape index (κ2) is 6.29. The molecule has 0 saturated carbocycles. The third-order valence-corrected chi connectivity index (χ3v) is 2.63. The highest BCUT2D eigenvalue weighted by Crippen LogP contribution is 2.10. The summed E-state index contributed by atoms with van der Waals surface area (Å²) >= 11 is 0. The first-order valence-corrected chi connectivity index (χ1v) is 5.99. The van der Waals surface area contributed by atoms with Gasteiger partial charge in [0.25, 0.3) is 11.6 Å². The lowest BCUT2D eigenvalue weighted by atomic mass is 10.2. The highest BCUT2D eigenvalue weighted by atomic mass is 16.6. The van der Waals surface area contributed by atoms with Crippen LogP contribution in [0.5, 0.6) is 0 Å². The summed E-state index contributed by atoms with van der Waals surface area (Å²) < 4.78 is 0. The lowest BCUT2D eigenvalue weighted by Crippen LogP contribution is -2.17. The van der Waals surface area contributed by atoms with Crippen LogP contribution in [0.2, 0.25) is 0 Å². The number of carbonyl (C=O) groups is 1. The molecule has 1 amide bonds. The fraction of sp³-hybridized carbons (Fsp3) is 0. The van der Waals surface area contributed by atoms with Gasteiger partial charge in [0.05, 0.1) is 11.1 Å². The van der Waals surface area contributed by atoms with Gasteiger partial charge >= 0.3 is 0 Å². The van der Waals surface area contributed by atoms with Crippen LogP contribution in [0.25, 0.3) is 0 Å². The third-order valence-electron chi connectivity index (χ3n) is 2.63. The summed E-state index contributed by atoms with van der Waals surface area (Å²) in [6.45, 7) is 0. The average Bonchev–Trinajstić information content (AvgIpc) is 2.47. The van der Waals surface area contributed by atoms with Crippen molar-refractivity contribution in [2.75, 3.05) is 5.73 Å². The molecule has 0 unspecified atom stereocenters. The topological polar surface area (TPSA) is 111 Å². The number of nitro benzene ring substituents is 1. The molecule has 0 aromatic heterocycles. The van der Waals surface area contributed by atoms with Crippen LogP contribution in [0, 0.1) is 10.1 Å². The molecule has 7 nitrogen and oxygen atoms in total. The first kappa shape index (κ1) is 14.2. The van der Waals surface area contributed by atoms with Gasteiger partial charge in [-0.2, -0.15) is 5.10 Å². The molecule has 2 aromatic rings. The molecule has 2 aromatic carbocycles. The largest absolute Gasteiger partial charge is 0.399 e. The van der Waals surface area contributed by atoms with Crippen LogP contribution in [-0.4, -0.2) is 17.0 Å². The summed E-state index contributed by atoms with van der Waals surface area (Å²) in [7, 11) is 0. The molecule has 7 heteroatoms. The fourth-order valence-electron chi connectivity index (χ4n) is 1.59. The molecule has 106 valence electrons. The van der Waals surface area contributed by atoms with E-state index in [0.29, 0.717) is 16.8 Å². The Balaban J connectivity index is 1.99. The van der Waals surface area contributed by atoms with E-state index in [2.05, 4.69) is 10.5 Å². The van der Waals surface area contributed by atoms with E-state index >= 15 is 0 Å². The minimum Gasteiger partial charge on any atom is -0.399 e. The number of hydrogen-bond donors (Lipinski definition) is 2. The van der Waals surface area contributed by atoms with E-state index in [0.717, 1.165) is 0 Å². The fourth-order valence-corrected chi connectivity index (χ4v) is 1.59. The smallest absolute Gasteiger partial charge is 0.271 e. The van der Waals surface area contributed by atoms with Crippen molar-refractivity contribution >= 4 is 23.5 Å². The van der Waals surface area contributed by atoms with Gasteiger partial charge in [-0.05, 0) is 35.9 Å². The SMILES string of the molecule is Nc1cccc(C(=O)N/N=C\c2ccc([N+](=O)[O-])cc2)c1. The first-order chi connectivity index (χ1) is 10.1. The highest BCUT2D eigenvalue weighted by molar-refractivity contribution is 5.95. The van der Waals surface area contributed by atoms with Crippen molar-refractivity contribution in [1.82, 2.24) is 5.43 Å². The first-order valence-electron chi connectivity index (χ1n) is 5.99. The molecule has 0 radical (unpaired) electrons. The molecule has 0 bridgehead atoms. The van der Waals surface area contributed by atoms with E-state index in [9.17, 15) is 14.9 Å². The van der Waals surface area contributed by atoms with E-state index in [1.54, 1.807) is 18.2 Å². The predicted octanol–water partition coefficient (Wildman–Crippen LogP) is 1.94. The van der Waals surface area contributed by atoms with Gasteiger partial charge in [0, 0.05) is 23.4 Å². The van der Waals surface area contributed by atoms with Gasteiger partial charge in [0.1, 0.15) is 0 Å². The monoisotopic (exact) mass is 284 g/mol. The van der Waals surface area contributed by atoms with Crippen LogP contribution in [-0.2, 0) is 0 Å². The molecule has 0 heterocycles. The molecule has 0 aliphatic carbocycles. The van der Waals surface area contributed by atoms with Crippen LogP contribution < -0.4 is 11.2 Å². The Morgan fingerprint density at radius 2 is 1.95 bits per heavy atom. The maximum Gasteiger partial charge on any atom is 0.271 e. The standard InChI is InChI=1S/C14H12N4O3/c15-12-3-1-2-11(8-12)14(19)17-16-9-10-4-6-13(7-5-10)18(20)21/h1-9H,15H2,(H,17,19)/b16-9-. The van der Waals surface area contributed by atoms with Crippen molar-refractivity contribution in [3.05, 3.63) is 69.8 Å². The third kappa shape index (κ3) is 3.87. The number of nitrogen functional groups attached to an aromatic ring is 1. The molecule has 0 atom stereocenters. The van der Waals surface area contributed by atoms with Crippen LogP contribution in [0.1, 0.15) is 15.9 Å². The quantitative estimate of drug-likeness (QED) is 0.387. The van der Waals surface area contributed by atoms with Crippen molar-refractivity contribution < 1.29 is 9.72 Å². The lowest BCUT2D eigenvalue weighted by molar-refractivity contribution is -0.384. The highest BCUT2D eigenvalue weighted by Gasteiger charge is 2.04. The maximum absolute atomic E-state index is 11.8. The summed E-state index contributed by atoms with van der Waals surface area (Å²) in [4.78, 5) is 21.8.